The van der Waals surface area contributed by atoms with E-state index >= 15 is 0 Å². The van der Waals surface area contributed by atoms with Crippen molar-refractivity contribution >= 4 is 11.8 Å². The molecule has 20 atom stereocenters. The lowest BCUT2D eigenvalue weighted by Crippen LogP contribution is -2.74. The molecule has 0 aromatic rings. The molecule has 0 spiro atoms. The van der Waals surface area contributed by atoms with Crippen molar-refractivity contribution in [2.75, 3.05) is 13.2 Å². The van der Waals surface area contributed by atoms with Gasteiger partial charge in [-0.2, -0.15) is 0 Å². The number of amides is 2. The maximum Gasteiger partial charge on any atom is 0.249 e. The fourth-order valence-corrected chi connectivity index (χ4v) is 5.88. The lowest BCUT2D eigenvalue weighted by atomic mass is 9.92. The van der Waals surface area contributed by atoms with Crippen molar-refractivity contribution in [2.24, 2.45) is 0 Å². The van der Waals surface area contributed by atoms with Crippen LogP contribution in [0.1, 0.15) is 6.42 Å². The third-order valence-corrected chi connectivity index (χ3v) is 8.98. The second-order valence-corrected chi connectivity index (χ2v) is 12.7. The number of hydrogen-bond donors (Lipinski definition) is 18. The van der Waals surface area contributed by atoms with E-state index in [0.717, 1.165) is 0 Å². The van der Waals surface area contributed by atoms with Crippen LogP contribution in [0, 0.1) is 0 Å². The minimum absolute atomic E-state index is 0.760. The summed E-state index contributed by atoms with van der Waals surface area (Å²) in [5.41, 5.74) is -6.33. The van der Waals surface area contributed by atoms with Gasteiger partial charge in [0, 0.05) is 5.57 Å². The van der Waals surface area contributed by atoms with Crippen molar-refractivity contribution < 1.29 is 120 Å². The number of hydrogen-bond acceptors (Lipinski definition) is 24. The second-order valence-electron chi connectivity index (χ2n) is 12.7. The van der Waals surface area contributed by atoms with Crippen LogP contribution in [0.3, 0.4) is 0 Å². The number of carbonyl (C=O) groups excluding carboxylic acids is 2. The summed E-state index contributed by atoms with van der Waals surface area (Å²) >= 11 is 0. The maximum absolute atomic E-state index is 13.3. The van der Waals surface area contributed by atoms with Gasteiger partial charge in [-0.1, -0.05) is 6.58 Å². The summed E-state index contributed by atoms with van der Waals surface area (Å²) in [5, 5.41) is 167. The number of nitrogens with one attached hydrogen (secondary N) is 2. The van der Waals surface area contributed by atoms with E-state index in [4.69, 9.17) is 28.4 Å². The molecule has 0 saturated carbocycles. The molecule has 4 saturated heterocycles. The minimum atomic E-state index is -2.80. The van der Waals surface area contributed by atoms with Crippen LogP contribution in [-0.2, 0) is 38.0 Å². The van der Waals surface area contributed by atoms with Crippen molar-refractivity contribution in [3.63, 3.8) is 0 Å². The SMILES string of the molecule is C=C(CC(=O)N[C@]1(CO)O[C@@H](O)[C@H](O)[C@H](O)[C@@H]1O[C@@H]1O[C@H](O)[C@@H](O)[C@H](O)[C@H]1O)C(=O)N[C@]1(CO)O[C@@H](O)[C@H](O)[C@H](O)[C@@H]1O[C@@H]1O[C@H](O)[C@@H](O)[C@H](O)[C@H]1O. The summed E-state index contributed by atoms with van der Waals surface area (Å²) in [6, 6.07) is 0. The summed E-state index contributed by atoms with van der Waals surface area (Å²) in [4.78, 5) is 26.5. The number of rotatable bonds is 11. The van der Waals surface area contributed by atoms with Crippen LogP contribution in [0.2, 0.25) is 0 Å². The van der Waals surface area contributed by atoms with Gasteiger partial charge in [-0.15, -0.1) is 0 Å². The molecule has 2 amide bonds. The van der Waals surface area contributed by atoms with E-state index < -0.39 is 159 Å². The third kappa shape index (κ3) is 8.49. The van der Waals surface area contributed by atoms with Crippen molar-refractivity contribution in [1.82, 2.24) is 10.6 Å². The Morgan fingerprint density at radius 2 is 0.887 bits per heavy atom. The molecule has 4 aliphatic rings. The standard InChI is InChI=1S/C27H44N2O24/c1-5(19(43)29-27(4-31)18(10(36)14(40)23(47)53-27)49-25-16(42)8(34)12(38)21(45)51-25)2-6(32)28-26(3-30)17(9(35)13(39)22(46)52-26)48-24-15(41)7(33)11(37)20(44)50-24/h7-18,20-25,30-31,33-42,44-47H,1-4H2,(H,28,32)(H,29,43)/t7-,8-,9-,10-,11-,12-,13+,14+,15+,16+,17-,18-,20-,21-,22+,23+,24+,25+,26+,27+/m0/s1. The van der Waals surface area contributed by atoms with Crippen LogP contribution in [-0.4, -0.2) is 229 Å². The first-order valence-electron chi connectivity index (χ1n) is 15.7. The molecule has 18 N–H and O–H groups in total. The first-order chi connectivity index (χ1) is 24.6. The fraction of sp³-hybridized carbons (Fsp3) is 0.852. The smallest absolute Gasteiger partial charge is 0.249 e. The Labute approximate surface area is 296 Å². The Morgan fingerprint density at radius 1 is 0.528 bits per heavy atom. The van der Waals surface area contributed by atoms with Gasteiger partial charge < -0.3 is 121 Å². The van der Waals surface area contributed by atoms with Crippen LogP contribution < -0.4 is 10.6 Å². The molecular weight excluding hydrogens is 736 g/mol. The molecule has 0 unspecified atom stereocenters. The highest BCUT2D eigenvalue weighted by Gasteiger charge is 2.60. The summed E-state index contributed by atoms with van der Waals surface area (Å²) in [6.07, 6.45) is -40.5. The minimum Gasteiger partial charge on any atom is -0.391 e. The van der Waals surface area contributed by atoms with Crippen molar-refractivity contribution in [2.45, 2.75) is 129 Å². The zero-order chi connectivity index (χ0) is 39.9. The molecule has 26 nitrogen and oxygen atoms in total. The molecule has 0 aliphatic carbocycles. The largest absolute Gasteiger partial charge is 0.391 e. The first-order valence-corrected chi connectivity index (χ1v) is 15.7. The summed E-state index contributed by atoms with van der Waals surface area (Å²) in [6.45, 7) is 0.596. The van der Waals surface area contributed by atoms with Crippen LogP contribution in [0.5, 0.6) is 0 Å². The van der Waals surface area contributed by atoms with Gasteiger partial charge >= 0.3 is 0 Å². The fourth-order valence-electron chi connectivity index (χ4n) is 5.88. The van der Waals surface area contributed by atoms with E-state index in [0.29, 0.717) is 0 Å². The van der Waals surface area contributed by atoms with Crippen molar-refractivity contribution in [3.8, 4) is 0 Å². The number of ether oxygens (including phenoxy) is 6. The van der Waals surface area contributed by atoms with Gasteiger partial charge in [0.25, 0.3) is 0 Å². The van der Waals surface area contributed by atoms with Gasteiger partial charge in [-0.05, 0) is 0 Å². The van der Waals surface area contributed by atoms with E-state index in [1.165, 1.54) is 0 Å². The molecule has 0 bridgehead atoms. The number of carbonyl (C=O) groups is 2. The Balaban J connectivity index is 1.52. The molecule has 4 aliphatic heterocycles. The lowest BCUT2D eigenvalue weighted by Gasteiger charge is -2.50. The summed E-state index contributed by atoms with van der Waals surface area (Å²) in [7, 11) is 0. The molecular formula is C27H44N2O24. The monoisotopic (exact) mass is 780 g/mol. The highest BCUT2D eigenvalue weighted by molar-refractivity contribution is 5.98. The highest BCUT2D eigenvalue weighted by Crippen LogP contribution is 2.35. The van der Waals surface area contributed by atoms with Gasteiger partial charge in [-0.25, -0.2) is 0 Å². The predicted molar refractivity (Wildman–Crippen MR) is 155 cm³/mol. The summed E-state index contributed by atoms with van der Waals surface area (Å²) < 4.78 is 30.8. The Hall–Kier alpha value is -2.20. The predicted octanol–water partition coefficient (Wildman–Crippen LogP) is -12.0. The topological polar surface area (TPSA) is 437 Å². The Kier molecular flexibility index (Phi) is 13.9. The molecule has 4 heterocycles. The van der Waals surface area contributed by atoms with E-state index in [9.17, 15) is 91.3 Å². The van der Waals surface area contributed by atoms with Gasteiger partial charge in [0.2, 0.25) is 11.8 Å². The molecule has 306 valence electrons. The van der Waals surface area contributed by atoms with Crippen molar-refractivity contribution in [3.05, 3.63) is 12.2 Å². The van der Waals surface area contributed by atoms with Crippen LogP contribution in [0.4, 0.5) is 0 Å². The van der Waals surface area contributed by atoms with Gasteiger partial charge in [-0.3, -0.25) is 9.59 Å². The van der Waals surface area contributed by atoms with E-state index in [-0.39, 0.29) is 0 Å². The number of aliphatic hydroxyl groups is 16. The van der Waals surface area contributed by atoms with Gasteiger partial charge in [0.05, 0.1) is 19.6 Å². The Morgan fingerprint density at radius 3 is 1.26 bits per heavy atom. The van der Waals surface area contributed by atoms with Gasteiger partial charge in [0.15, 0.2) is 49.2 Å². The van der Waals surface area contributed by atoms with Crippen LogP contribution >= 0.6 is 0 Å². The normalized spacial score (nSPS) is 49.2. The van der Waals surface area contributed by atoms with Crippen LogP contribution in [0.25, 0.3) is 0 Å². The van der Waals surface area contributed by atoms with E-state index in [1.54, 1.807) is 0 Å². The molecule has 4 fully saturated rings. The second kappa shape index (κ2) is 16.9. The number of aliphatic hydroxyl groups excluding tert-OH is 16. The molecule has 0 radical (unpaired) electrons. The molecule has 26 heteroatoms. The lowest BCUT2D eigenvalue weighted by molar-refractivity contribution is -0.395. The maximum atomic E-state index is 13.3. The molecule has 0 aromatic heterocycles. The first kappa shape index (κ1) is 43.5. The van der Waals surface area contributed by atoms with E-state index in [1.807, 2.05) is 10.6 Å². The zero-order valence-corrected chi connectivity index (χ0v) is 27.1. The van der Waals surface area contributed by atoms with Gasteiger partial charge in [0.1, 0.15) is 73.2 Å². The molecule has 53 heavy (non-hydrogen) atoms. The summed E-state index contributed by atoms with van der Waals surface area (Å²) in [5.74, 6) is -2.76. The molecule has 4 rings (SSSR count). The third-order valence-electron chi connectivity index (χ3n) is 8.98. The Bertz CT molecular complexity index is 1300. The average molecular weight is 781 g/mol. The zero-order valence-electron chi connectivity index (χ0n) is 27.1. The molecule has 0 aromatic carbocycles. The van der Waals surface area contributed by atoms with E-state index in [2.05, 4.69) is 6.58 Å². The average Bonchev–Trinajstić information content (AvgIpc) is 3.11. The quantitative estimate of drug-likeness (QED) is 0.0865. The van der Waals surface area contributed by atoms with Crippen LogP contribution in [0.15, 0.2) is 12.2 Å². The highest BCUT2D eigenvalue weighted by atomic mass is 16.8. The van der Waals surface area contributed by atoms with Crippen molar-refractivity contribution in [1.29, 1.82) is 0 Å².